The minimum absolute atomic E-state index is 0.186. The van der Waals surface area contributed by atoms with Crippen molar-refractivity contribution in [1.29, 1.82) is 0 Å². The van der Waals surface area contributed by atoms with Crippen LogP contribution in [0, 0.1) is 0 Å². The standard InChI is InChI=1S/C20H15N3O2S2/c1-25-16-9-5-6-13(10-16)18-14(11-17-19(24)21-20(26)27-17)12-23(22-18)15-7-3-2-4-8-15/h2-12H,1H3,(H,21,24,26). The third-order valence-electron chi connectivity index (χ3n) is 4.04. The molecule has 134 valence electrons. The highest BCUT2D eigenvalue weighted by Crippen LogP contribution is 2.32. The van der Waals surface area contributed by atoms with Crippen LogP contribution in [-0.4, -0.2) is 27.1 Å². The summed E-state index contributed by atoms with van der Waals surface area (Å²) in [6.45, 7) is 0. The van der Waals surface area contributed by atoms with Crippen LogP contribution in [-0.2, 0) is 4.79 Å². The van der Waals surface area contributed by atoms with E-state index in [1.54, 1.807) is 11.8 Å². The zero-order chi connectivity index (χ0) is 18.8. The van der Waals surface area contributed by atoms with Gasteiger partial charge in [-0.25, -0.2) is 4.68 Å². The average Bonchev–Trinajstić information content (AvgIpc) is 3.25. The molecule has 27 heavy (non-hydrogen) atoms. The molecule has 1 saturated heterocycles. The predicted octanol–water partition coefficient (Wildman–Crippen LogP) is 4.04. The molecule has 1 aromatic heterocycles. The number of aromatic nitrogens is 2. The lowest BCUT2D eigenvalue weighted by molar-refractivity contribution is -0.115. The molecule has 0 bridgehead atoms. The SMILES string of the molecule is COc1cccc(-c2nn(-c3ccccc3)cc2C=C2SC(=S)NC2=O)c1. The fourth-order valence-electron chi connectivity index (χ4n) is 2.76. The van der Waals surface area contributed by atoms with Crippen LogP contribution < -0.4 is 10.1 Å². The van der Waals surface area contributed by atoms with Crippen LogP contribution in [0.1, 0.15) is 5.56 Å². The number of thioether (sulfide) groups is 1. The number of nitrogens with zero attached hydrogens (tertiary/aromatic N) is 2. The minimum atomic E-state index is -0.186. The molecular weight excluding hydrogens is 378 g/mol. The van der Waals surface area contributed by atoms with Crippen LogP contribution >= 0.6 is 24.0 Å². The van der Waals surface area contributed by atoms with Crippen molar-refractivity contribution in [1.82, 2.24) is 15.1 Å². The Morgan fingerprint density at radius 2 is 2.00 bits per heavy atom. The fourth-order valence-corrected chi connectivity index (χ4v) is 3.80. The third-order valence-corrected chi connectivity index (χ3v) is 5.20. The highest BCUT2D eigenvalue weighted by molar-refractivity contribution is 8.26. The highest BCUT2D eigenvalue weighted by atomic mass is 32.2. The van der Waals surface area contributed by atoms with Gasteiger partial charge in [-0.2, -0.15) is 5.10 Å². The fraction of sp³-hybridized carbons (Fsp3) is 0.0500. The quantitative estimate of drug-likeness (QED) is 0.536. The number of hydrogen-bond acceptors (Lipinski definition) is 5. The number of rotatable bonds is 4. The topological polar surface area (TPSA) is 56.1 Å². The van der Waals surface area contributed by atoms with E-state index in [1.165, 1.54) is 11.8 Å². The molecule has 2 heterocycles. The number of para-hydroxylation sites is 1. The van der Waals surface area contributed by atoms with E-state index >= 15 is 0 Å². The Morgan fingerprint density at radius 3 is 2.70 bits per heavy atom. The van der Waals surface area contributed by atoms with Crippen LogP contribution in [0.3, 0.4) is 0 Å². The number of carbonyl (C=O) groups is 1. The van der Waals surface area contributed by atoms with Crippen molar-refractivity contribution in [2.24, 2.45) is 0 Å². The summed E-state index contributed by atoms with van der Waals surface area (Å²) in [5.74, 6) is 0.559. The lowest BCUT2D eigenvalue weighted by Gasteiger charge is -2.03. The molecule has 0 atom stereocenters. The molecular formula is C20H15N3O2S2. The van der Waals surface area contributed by atoms with Gasteiger partial charge in [0.05, 0.1) is 17.7 Å². The molecule has 1 aliphatic heterocycles. The van der Waals surface area contributed by atoms with E-state index in [0.29, 0.717) is 9.23 Å². The van der Waals surface area contributed by atoms with Gasteiger partial charge in [0.25, 0.3) is 5.91 Å². The Hall–Kier alpha value is -2.90. The summed E-state index contributed by atoms with van der Waals surface area (Å²) in [5.41, 5.74) is 3.43. The van der Waals surface area contributed by atoms with Gasteiger partial charge < -0.3 is 10.1 Å². The first-order valence-electron chi connectivity index (χ1n) is 8.18. The predicted molar refractivity (Wildman–Crippen MR) is 112 cm³/mol. The van der Waals surface area contributed by atoms with Crippen LogP contribution in [0.5, 0.6) is 5.75 Å². The number of nitrogens with one attached hydrogen (secondary N) is 1. The first kappa shape index (κ1) is 17.5. The van der Waals surface area contributed by atoms with E-state index in [0.717, 1.165) is 28.3 Å². The Kier molecular flexibility index (Phi) is 4.79. The minimum Gasteiger partial charge on any atom is -0.497 e. The van der Waals surface area contributed by atoms with Crippen LogP contribution in [0.2, 0.25) is 0 Å². The average molecular weight is 393 g/mol. The van der Waals surface area contributed by atoms with Gasteiger partial charge in [0.15, 0.2) is 0 Å². The van der Waals surface area contributed by atoms with E-state index in [-0.39, 0.29) is 5.91 Å². The normalized spacial score (nSPS) is 15.2. The van der Waals surface area contributed by atoms with Crippen LogP contribution in [0.15, 0.2) is 65.7 Å². The molecule has 1 amide bonds. The molecule has 0 spiro atoms. The van der Waals surface area contributed by atoms with Gasteiger partial charge in [0.1, 0.15) is 15.8 Å². The first-order valence-corrected chi connectivity index (χ1v) is 9.41. The summed E-state index contributed by atoms with van der Waals surface area (Å²) in [5, 5.41) is 7.40. The summed E-state index contributed by atoms with van der Waals surface area (Å²) < 4.78 is 7.60. The maximum atomic E-state index is 12.1. The molecule has 1 fully saturated rings. The van der Waals surface area contributed by atoms with Gasteiger partial charge >= 0.3 is 0 Å². The maximum absolute atomic E-state index is 12.1. The van der Waals surface area contributed by atoms with Crippen molar-refractivity contribution in [3.8, 4) is 22.7 Å². The Bertz CT molecular complexity index is 1060. The number of benzene rings is 2. The van der Waals surface area contributed by atoms with Gasteiger partial charge in [-0.3, -0.25) is 4.79 Å². The number of carbonyl (C=O) groups excluding carboxylic acids is 1. The maximum Gasteiger partial charge on any atom is 0.263 e. The zero-order valence-corrected chi connectivity index (χ0v) is 16.0. The molecule has 2 aromatic carbocycles. The van der Waals surface area contributed by atoms with Crippen molar-refractivity contribution in [2.75, 3.05) is 7.11 Å². The van der Waals surface area contributed by atoms with Gasteiger partial charge in [0.2, 0.25) is 0 Å². The molecule has 0 unspecified atom stereocenters. The molecule has 0 radical (unpaired) electrons. The lowest BCUT2D eigenvalue weighted by atomic mass is 10.1. The summed E-state index contributed by atoms with van der Waals surface area (Å²) in [6, 6.07) is 17.5. The Balaban J connectivity index is 1.85. The van der Waals surface area contributed by atoms with Crippen molar-refractivity contribution < 1.29 is 9.53 Å². The van der Waals surface area contributed by atoms with Gasteiger partial charge in [-0.15, -0.1) is 0 Å². The smallest absolute Gasteiger partial charge is 0.263 e. The molecule has 1 aliphatic rings. The second kappa shape index (κ2) is 7.38. The monoisotopic (exact) mass is 393 g/mol. The number of methoxy groups -OCH3 is 1. The number of thiocarbonyl (C=S) groups is 1. The molecule has 4 rings (SSSR count). The largest absolute Gasteiger partial charge is 0.497 e. The summed E-state index contributed by atoms with van der Waals surface area (Å²) in [7, 11) is 1.63. The Morgan fingerprint density at radius 1 is 1.19 bits per heavy atom. The molecule has 3 aromatic rings. The summed E-state index contributed by atoms with van der Waals surface area (Å²) >= 11 is 6.34. The molecule has 5 nitrogen and oxygen atoms in total. The second-order valence-corrected chi connectivity index (χ2v) is 7.52. The molecule has 0 saturated carbocycles. The molecule has 7 heteroatoms. The zero-order valence-electron chi connectivity index (χ0n) is 14.4. The molecule has 1 N–H and O–H groups in total. The first-order chi connectivity index (χ1) is 13.1. The summed E-state index contributed by atoms with van der Waals surface area (Å²) in [6.07, 6.45) is 3.73. The van der Waals surface area contributed by atoms with Crippen molar-refractivity contribution in [3.63, 3.8) is 0 Å². The number of amides is 1. The van der Waals surface area contributed by atoms with E-state index in [2.05, 4.69) is 5.32 Å². The van der Waals surface area contributed by atoms with Crippen molar-refractivity contribution in [2.45, 2.75) is 0 Å². The van der Waals surface area contributed by atoms with E-state index in [4.69, 9.17) is 22.1 Å². The number of ether oxygens (including phenoxy) is 1. The Labute approximate surface area is 166 Å². The van der Waals surface area contributed by atoms with E-state index < -0.39 is 0 Å². The lowest BCUT2D eigenvalue weighted by Crippen LogP contribution is -2.17. The summed E-state index contributed by atoms with van der Waals surface area (Å²) in [4.78, 5) is 12.6. The van der Waals surface area contributed by atoms with Crippen LogP contribution in [0.4, 0.5) is 0 Å². The van der Waals surface area contributed by atoms with Gasteiger partial charge in [-0.1, -0.05) is 54.3 Å². The molecule has 0 aliphatic carbocycles. The third kappa shape index (κ3) is 3.65. The second-order valence-electron chi connectivity index (χ2n) is 5.80. The van der Waals surface area contributed by atoms with E-state index in [9.17, 15) is 4.79 Å². The van der Waals surface area contributed by atoms with E-state index in [1.807, 2.05) is 66.9 Å². The van der Waals surface area contributed by atoms with Gasteiger partial charge in [-0.05, 0) is 30.3 Å². The van der Waals surface area contributed by atoms with Crippen LogP contribution in [0.25, 0.3) is 23.0 Å². The van der Waals surface area contributed by atoms with Crippen molar-refractivity contribution in [3.05, 3.63) is 71.3 Å². The van der Waals surface area contributed by atoms with Gasteiger partial charge in [0, 0.05) is 17.3 Å². The highest BCUT2D eigenvalue weighted by Gasteiger charge is 2.23. The number of hydrogen-bond donors (Lipinski definition) is 1. The van der Waals surface area contributed by atoms with Crippen molar-refractivity contribution >= 4 is 40.3 Å².